The molecule has 1 fully saturated rings. The third-order valence-electron chi connectivity index (χ3n) is 9.87. The van der Waals surface area contributed by atoms with Crippen LogP contribution in [0, 0.1) is 0 Å². The van der Waals surface area contributed by atoms with Gasteiger partial charge in [0.05, 0.1) is 11.0 Å². The van der Waals surface area contributed by atoms with Crippen LogP contribution in [0.25, 0.3) is 6.08 Å². The van der Waals surface area contributed by atoms with Crippen molar-refractivity contribution < 1.29 is 14.4 Å². The molecule has 3 N–H and O–H groups in total. The van der Waals surface area contributed by atoms with E-state index in [1.807, 2.05) is 29.2 Å². The van der Waals surface area contributed by atoms with Crippen LogP contribution in [0.1, 0.15) is 76.8 Å². The second kappa shape index (κ2) is 11.6. The van der Waals surface area contributed by atoms with Gasteiger partial charge in [-0.15, -0.1) is 0 Å². The average molecular weight is 591 g/mol. The van der Waals surface area contributed by atoms with Crippen molar-refractivity contribution in [3.63, 3.8) is 0 Å². The van der Waals surface area contributed by atoms with Crippen LogP contribution < -0.4 is 16.0 Å². The number of nitrogens with zero attached hydrogens (tertiary/aromatic N) is 3. The summed E-state index contributed by atoms with van der Waals surface area (Å²) in [6.07, 6.45) is 12.1. The molecule has 4 aliphatic rings. The molecule has 1 aliphatic carbocycles. The summed E-state index contributed by atoms with van der Waals surface area (Å²) in [4.78, 5) is 52.0. The maximum atomic E-state index is 13.8. The number of carbonyl (C=O) groups excluding carboxylic acids is 3. The fourth-order valence-corrected chi connectivity index (χ4v) is 7.40. The highest BCUT2D eigenvalue weighted by molar-refractivity contribution is 6.06. The van der Waals surface area contributed by atoms with Gasteiger partial charge in [-0.2, -0.15) is 0 Å². The molecule has 2 aromatic heterocycles. The molecule has 9 nitrogen and oxygen atoms in total. The molecule has 3 aromatic rings. The standard InChI is InChI=1S/C35H38N6O3/c1-22-27(24-10-6-4-7-11-24)17-29-33(43)41(22)14-13-36-12-8-3-2-5-9-23-15-28-31(38-20-23)40-34(44)35(28)18-25-16-26(32(42)39-29)21-37-30(25)19-35/h4-7,9-11,15-16,20-22,27,29,36H,2-3,8,12-14,17-19H2,1H3,(H,39,42)(H,38,40,44)/b9-5-/t22?,27?,29?,35-/m0/s1. The number of fused-ring (bicyclic) bond motifs is 4. The van der Waals surface area contributed by atoms with Crippen molar-refractivity contribution in [2.45, 2.75) is 68.9 Å². The first-order valence-corrected chi connectivity index (χ1v) is 15.8. The molecule has 7 bridgehead atoms. The maximum Gasteiger partial charge on any atom is 0.253 e. The number of nitrogens with one attached hydrogen (secondary N) is 3. The van der Waals surface area contributed by atoms with E-state index in [4.69, 9.17) is 0 Å². The summed E-state index contributed by atoms with van der Waals surface area (Å²) >= 11 is 0. The van der Waals surface area contributed by atoms with E-state index in [-0.39, 0.29) is 29.7 Å². The van der Waals surface area contributed by atoms with E-state index in [0.29, 0.717) is 43.7 Å². The summed E-state index contributed by atoms with van der Waals surface area (Å²) in [6.45, 7) is 4.25. The lowest BCUT2D eigenvalue weighted by atomic mass is 9.79. The summed E-state index contributed by atoms with van der Waals surface area (Å²) in [6, 6.07) is 13.5. The molecule has 0 saturated carbocycles. The molecule has 44 heavy (non-hydrogen) atoms. The topological polar surface area (TPSA) is 116 Å². The first-order valence-electron chi connectivity index (χ1n) is 15.8. The Balaban J connectivity index is 1.21. The molecule has 226 valence electrons. The van der Waals surface area contributed by atoms with E-state index >= 15 is 0 Å². The van der Waals surface area contributed by atoms with E-state index < -0.39 is 11.5 Å². The number of allylic oxidation sites excluding steroid dienone is 1. The van der Waals surface area contributed by atoms with Crippen LogP contribution in [0.15, 0.2) is 60.9 Å². The highest BCUT2D eigenvalue weighted by Crippen LogP contribution is 2.46. The molecule has 7 rings (SSSR count). The van der Waals surface area contributed by atoms with Crippen molar-refractivity contribution in [3.05, 3.63) is 94.4 Å². The maximum absolute atomic E-state index is 13.8. The van der Waals surface area contributed by atoms with Crippen molar-refractivity contribution in [2.24, 2.45) is 0 Å². The number of amides is 3. The molecule has 3 aliphatic heterocycles. The van der Waals surface area contributed by atoms with E-state index in [9.17, 15) is 14.4 Å². The summed E-state index contributed by atoms with van der Waals surface area (Å²) in [5.41, 5.74) is 4.31. The Labute approximate surface area is 257 Å². The average Bonchev–Trinajstić information content (AvgIpc) is 3.55. The van der Waals surface area contributed by atoms with Gasteiger partial charge in [-0.1, -0.05) is 42.5 Å². The van der Waals surface area contributed by atoms with Crippen LogP contribution in [-0.2, 0) is 27.8 Å². The quantitative estimate of drug-likeness (QED) is 0.398. The van der Waals surface area contributed by atoms with Gasteiger partial charge in [0, 0.05) is 55.1 Å². The van der Waals surface area contributed by atoms with Gasteiger partial charge in [0.15, 0.2) is 0 Å². The number of hydrogen-bond acceptors (Lipinski definition) is 6. The Morgan fingerprint density at radius 2 is 1.84 bits per heavy atom. The lowest BCUT2D eigenvalue weighted by Gasteiger charge is -2.43. The molecule has 5 heterocycles. The van der Waals surface area contributed by atoms with Gasteiger partial charge in [0.25, 0.3) is 5.91 Å². The highest BCUT2D eigenvalue weighted by atomic mass is 16.2. The van der Waals surface area contributed by atoms with Gasteiger partial charge in [-0.3, -0.25) is 19.4 Å². The molecule has 4 atom stereocenters. The normalized spacial score (nSPS) is 27.7. The van der Waals surface area contributed by atoms with E-state index in [1.165, 1.54) is 0 Å². The van der Waals surface area contributed by atoms with Crippen LogP contribution in [0.4, 0.5) is 5.82 Å². The number of benzene rings is 1. The third-order valence-corrected chi connectivity index (χ3v) is 9.87. The van der Waals surface area contributed by atoms with Crippen molar-refractivity contribution in [2.75, 3.05) is 25.0 Å². The summed E-state index contributed by atoms with van der Waals surface area (Å²) < 4.78 is 0. The zero-order chi connectivity index (χ0) is 30.3. The second-order valence-electron chi connectivity index (χ2n) is 12.6. The van der Waals surface area contributed by atoms with Crippen LogP contribution in [0.2, 0.25) is 0 Å². The molecule has 1 spiro atoms. The van der Waals surface area contributed by atoms with Crippen LogP contribution in [0.5, 0.6) is 0 Å². The second-order valence-corrected chi connectivity index (χ2v) is 12.6. The summed E-state index contributed by atoms with van der Waals surface area (Å²) in [5, 5.41) is 9.55. The van der Waals surface area contributed by atoms with E-state index in [1.54, 1.807) is 12.4 Å². The molecular formula is C35H38N6O3. The fourth-order valence-electron chi connectivity index (χ4n) is 7.40. The minimum absolute atomic E-state index is 0.00225. The molecule has 1 aromatic carbocycles. The molecular weight excluding hydrogens is 552 g/mol. The predicted molar refractivity (Wildman–Crippen MR) is 168 cm³/mol. The highest BCUT2D eigenvalue weighted by Gasteiger charge is 2.52. The number of piperidine rings is 1. The van der Waals surface area contributed by atoms with Gasteiger partial charge >= 0.3 is 0 Å². The number of anilines is 1. The van der Waals surface area contributed by atoms with E-state index in [0.717, 1.165) is 53.8 Å². The number of aromatic nitrogens is 2. The monoisotopic (exact) mass is 590 g/mol. The lowest BCUT2D eigenvalue weighted by Crippen LogP contribution is -2.59. The number of rotatable bonds is 1. The minimum Gasteiger partial charge on any atom is -0.340 e. The Kier molecular flexibility index (Phi) is 7.50. The molecule has 1 saturated heterocycles. The number of hydrogen-bond donors (Lipinski definition) is 3. The van der Waals surface area contributed by atoms with Crippen molar-refractivity contribution in [1.82, 2.24) is 25.5 Å². The number of pyridine rings is 2. The Morgan fingerprint density at radius 1 is 0.977 bits per heavy atom. The molecule has 3 amide bonds. The largest absolute Gasteiger partial charge is 0.340 e. The van der Waals surface area contributed by atoms with Crippen molar-refractivity contribution in [1.29, 1.82) is 0 Å². The predicted octanol–water partition coefficient (Wildman–Crippen LogP) is 3.76. The summed E-state index contributed by atoms with van der Waals surface area (Å²) in [7, 11) is 0. The van der Waals surface area contributed by atoms with Gasteiger partial charge in [0.1, 0.15) is 11.9 Å². The fraction of sp³-hybridized carbons (Fsp3) is 0.400. The van der Waals surface area contributed by atoms with Crippen LogP contribution in [-0.4, -0.2) is 64.3 Å². The Bertz CT molecular complexity index is 1640. The molecule has 9 heteroatoms. The van der Waals surface area contributed by atoms with Gasteiger partial charge in [-0.05, 0) is 74.4 Å². The van der Waals surface area contributed by atoms with Crippen LogP contribution >= 0.6 is 0 Å². The van der Waals surface area contributed by atoms with Gasteiger partial charge in [-0.25, -0.2) is 4.98 Å². The smallest absolute Gasteiger partial charge is 0.253 e. The molecule has 0 radical (unpaired) electrons. The minimum atomic E-state index is -0.793. The first kappa shape index (κ1) is 28.4. The zero-order valence-electron chi connectivity index (χ0n) is 25.0. The van der Waals surface area contributed by atoms with E-state index in [2.05, 4.69) is 63.2 Å². The Hall–Kier alpha value is -4.37. The van der Waals surface area contributed by atoms with Gasteiger partial charge < -0.3 is 20.9 Å². The SMILES string of the molecule is CC1C(c2ccccc2)CC2NC(=O)c3cnc4c(c3)C[C@@]3(C4)C(=O)Nc4ncc(cc43)/C=C\CCCCNCCN1C2=O. The van der Waals surface area contributed by atoms with Gasteiger partial charge in [0.2, 0.25) is 11.8 Å². The number of carbonyl (C=O) groups is 3. The Morgan fingerprint density at radius 3 is 2.70 bits per heavy atom. The zero-order valence-corrected chi connectivity index (χ0v) is 25.0. The van der Waals surface area contributed by atoms with Crippen molar-refractivity contribution >= 4 is 29.6 Å². The van der Waals surface area contributed by atoms with Crippen molar-refractivity contribution in [3.8, 4) is 0 Å². The summed E-state index contributed by atoms with van der Waals surface area (Å²) in [5.74, 6) is 0.227. The lowest BCUT2D eigenvalue weighted by molar-refractivity contribution is -0.139. The third kappa shape index (κ3) is 5.09. The van der Waals surface area contributed by atoms with Crippen LogP contribution in [0.3, 0.4) is 0 Å². The first-order chi connectivity index (χ1) is 21.4. The molecule has 3 unspecified atom stereocenters.